The first-order valence-electron chi connectivity index (χ1n) is 12.2. The number of nitrogens with one attached hydrogen (secondary N) is 2. The first kappa shape index (κ1) is 31.0. The molecule has 0 aromatic heterocycles. The van der Waals surface area contributed by atoms with Crippen LogP contribution in [-0.2, 0) is 28.5 Å². The molecule has 1 aliphatic rings. The van der Waals surface area contributed by atoms with Crippen LogP contribution in [-0.4, -0.2) is 61.6 Å². The molecule has 36 heavy (non-hydrogen) atoms. The second-order valence-electron chi connectivity index (χ2n) is 10.4. The van der Waals surface area contributed by atoms with E-state index < -0.39 is 35.2 Å². The Morgan fingerprint density at radius 2 is 1.03 bits per heavy atom. The van der Waals surface area contributed by atoms with E-state index in [9.17, 15) is 19.2 Å². The maximum absolute atomic E-state index is 12.3. The summed E-state index contributed by atoms with van der Waals surface area (Å²) < 4.78 is 20.1. The third kappa shape index (κ3) is 10.7. The Bertz CT molecular complexity index is 768. The number of rotatable bonds is 12. The van der Waals surface area contributed by atoms with Crippen molar-refractivity contribution in [2.75, 3.05) is 26.4 Å². The first-order valence-corrected chi connectivity index (χ1v) is 12.2. The van der Waals surface area contributed by atoms with Gasteiger partial charge in [0.25, 0.3) is 0 Å². The zero-order valence-corrected chi connectivity index (χ0v) is 22.5. The summed E-state index contributed by atoms with van der Waals surface area (Å²) in [6, 6.07) is 0. The van der Waals surface area contributed by atoms with Gasteiger partial charge in [0.05, 0.1) is 0 Å². The van der Waals surface area contributed by atoms with Crippen molar-refractivity contribution in [2.45, 2.75) is 78.3 Å². The smallest absolute Gasteiger partial charge is 0.407 e. The third-order valence-corrected chi connectivity index (χ3v) is 6.36. The highest BCUT2D eigenvalue weighted by atomic mass is 16.6. The third-order valence-electron chi connectivity index (χ3n) is 6.36. The summed E-state index contributed by atoms with van der Waals surface area (Å²) in [4.78, 5) is 47.4. The van der Waals surface area contributed by atoms with Gasteiger partial charge < -0.3 is 29.6 Å². The molecule has 1 aliphatic carbocycles. The molecule has 2 atom stereocenters. The van der Waals surface area contributed by atoms with Crippen LogP contribution in [0.25, 0.3) is 0 Å². The second kappa shape index (κ2) is 13.9. The maximum atomic E-state index is 12.3. The molecule has 0 saturated heterocycles. The second-order valence-corrected chi connectivity index (χ2v) is 10.4. The average Bonchev–Trinajstić information content (AvgIpc) is 2.78. The van der Waals surface area contributed by atoms with E-state index >= 15 is 0 Å². The lowest BCUT2D eigenvalue weighted by molar-refractivity contribution is -0.140. The van der Waals surface area contributed by atoms with Gasteiger partial charge in [0.2, 0.25) is 0 Å². The van der Waals surface area contributed by atoms with Crippen LogP contribution in [0.5, 0.6) is 0 Å². The lowest BCUT2D eigenvalue weighted by Crippen LogP contribution is -2.55. The summed E-state index contributed by atoms with van der Waals surface area (Å²) in [5.74, 6) is -0.745. The molecular formula is C26H42N2O8. The summed E-state index contributed by atoms with van der Waals surface area (Å²) in [6.07, 6.45) is 2.42. The van der Waals surface area contributed by atoms with E-state index in [0.29, 0.717) is 0 Å². The van der Waals surface area contributed by atoms with Crippen molar-refractivity contribution < 1.29 is 38.1 Å². The van der Waals surface area contributed by atoms with E-state index in [1.165, 1.54) is 0 Å². The number of carbonyl (C=O) groups is 4. The van der Waals surface area contributed by atoms with Crippen LogP contribution in [0.3, 0.4) is 0 Å². The van der Waals surface area contributed by atoms with Gasteiger partial charge in [-0.1, -0.05) is 19.6 Å². The van der Waals surface area contributed by atoms with Crippen LogP contribution in [0.1, 0.15) is 67.2 Å². The highest BCUT2D eigenvalue weighted by Gasteiger charge is 2.41. The summed E-state index contributed by atoms with van der Waals surface area (Å²) in [6.45, 7) is 17.7. The minimum Gasteiger partial charge on any atom is -0.459 e. The zero-order valence-electron chi connectivity index (χ0n) is 22.5. The monoisotopic (exact) mass is 510 g/mol. The molecule has 0 spiro atoms. The van der Waals surface area contributed by atoms with Crippen molar-refractivity contribution in [2.24, 2.45) is 11.8 Å². The van der Waals surface area contributed by atoms with E-state index in [1.54, 1.807) is 13.8 Å². The van der Waals surface area contributed by atoms with Gasteiger partial charge >= 0.3 is 24.1 Å². The SMILES string of the molecule is C=C(C)C(=O)OCCOC(=O)NC(C)(C)C1CCCC(C(C)(C)NC(=O)OCCOC(=O)C(=C)C)C1. The molecule has 0 aromatic carbocycles. The van der Waals surface area contributed by atoms with Crippen LogP contribution >= 0.6 is 0 Å². The molecule has 1 saturated carbocycles. The molecular weight excluding hydrogens is 468 g/mol. The normalized spacial score (nSPS) is 17.8. The Morgan fingerprint density at radius 3 is 1.36 bits per heavy atom. The van der Waals surface area contributed by atoms with Crippen LogP contribution in [0.15, 0.2) is 24.3 Å². The number of ether oxygens (including phenoxy) is 4. The molecule has 2 N–H and O–H groups in total. The van der Waals surface area contributed by atoms with Crippen LogP contribution < -0.4 is 10.6 Å². The summed E-state index contributed by atoms with van der Waals surface area (Å²) in [5.41, 5.74) is -0.536. The fourth-order valence-corrected chi connectivity index (χ4v) is 4.09. The van der Waals surface area contributed by atoms with Crippen molar-refractivity contribution in [3.8, 4) is 0 Å². The van der Waals surface area contributed by atoms with Gasteiger partial charge in [0.1, 0.15) is 26.4 Å². The number of hydrogen-bond acceptors (Lipinski definition) is 8. The Morgan fingerprint density at radius 1 is 0.694 bits per heavy atom. The Hall–Kier alpha value is -3.04. The number of carbonyl (C=O) groups excluding carboxylic acids is 4. The van der Waals surface area contributed by atoms with Gasteiger partial charge in [-0.05, 0) is 72.6 Å². The largest absolute Gasteiger partial charge is 0.459 e. The number of alkyl carbamates (subject to hydrolysis) is 2. The van der Waals surface area contributed by atoms with Crippen molar-refractivity contribution in [1.82, 2.24) is 10.6 Å². The van der Waals surface area contributed by atoms with Gasteiger partial charge in [-0.3, -0.25) is 0 Å². The van der Waals surface area contributed by atoms with E-state index in [2.05, 4.69) is 23.8 Å². The van der Waals surface area contributed by atoms with Gasteiger partial charge in [-0.15, -0.1) is 0 Å². The van der Waals surface area contributed by atoms with Crippen molar-refractivity contribution in [3.63, 3.8) is 0 Å². The molecule has 2 unspecified atom stereocenters. The molecule has 1 rings (SSSR count). The Labute approximate surface area is 214 Å². The predicted octanol–water partition coefficient (Wildman–Crippen LogP) is 4.04. The molecule has 1 fully saturated rings. The highest BCUT2D eigenvalue weighted by molar-refractivity contribution is 5.87. The van der Waals surface area contributed by atoms with Gasteiger partial charge in [0, 0.05) is 22.2 Å². The number of esters is 2. The molecule has 2 amide bonds. The van der Waals surface area contributed by atoms with Crippen LogP contribution in [0.2, 0.25) is 0 Å². The van der Waals surface area contributed by atoms with E-state index in [0.717, 1.165) is 25.7 Å². The number of amides is 2. The Balaban J connectivity index is 2.52. The van der Waals surface area contributed by atoms with Gasteiger partial charge in [0.15, 0.2) is 0 Å². The van der Waals surface area contributed by atoms with Crippen LogP contribution in [0.4, 0.5) is 9.59 Å². The molecule has 10 nitrogen and oxygen atoms in total. The minimum absolute atomic E-state index is 0.0443. The number of hydrogen-bond donors (Lipinski definition) is 2. The standard InChI is InChI=1S/C26H42N2O8/c1-17(2)21(29)33-12-14-35-23(31)27-25(5,6)19-10-9-11-20(16-19)26(7,8)28-24(32)36-15-13-34-22(30)18(3)4/h19-20H,1,3,9-16H2,2,4-8H3,(H,27,31)(H,28,32). The predicted molar refractivity (Wildman–Crippen MR) is 134 cm³/mol. The first-order chi connectivity index (χ1) is 16.7. The van der Waals surface area contributed by atoms with Gasteiger partial charge in [-0.2, -0.15) is 0 Å². The summed E-state index contributed by atoms with van der Waals surface area (Å²) in [5, 5.41) is 5.84. The quantitative estimate of drug-likeness (QED) is 0.174. The fraction of sp³-hybridized carbons (Fsp3) is 0.692. The molecule has 0 bridgehead atoms. The molecule has 0 heterocycles. The van der Waals surface area contributed by atoms with E-state index in [4.69, 9.17) is 18.9 Å². The van der Waals surface area contributed by atoms with Crippen molar-refractivity contribution >= 4 is 24.1 Å². The average molecular weight is 511 g/mol. The van der Waals surface area contributed by atoms with E-state index in [1.807, 2.05) is 27.7 Å². The molecule has 204 valence electrons. The van der Waals surface area contributed by atoms with Gasteiger partial charge in [-0.25, -0.2) is 19.2 Å². The molecule has 0 radical (unpaired) electrons. The van der Waals surface area contributed by atoms with Crippen LogP contribution in [0, 0.1) is 11.8 Å². The summed E-state index contributed by atoms with van der Waals surface area (Å²) in [7, 11) is 0. The maximum Gasteiger partial charge on any atom is 0.407 e. The topological polar surface area (TPSA) is 129 Å². The fourth-order valence-electron chi connectivity index (χ4n) is 4.09. The molecule has 10 heteroatoms. The molecule has 0 aromatic rings. The molecule has 0 aliphatic heterocycles. The highest BCUT2D eigenvalue weighted by Crippen LogP contribution is 2.40. The zero-order chi connectivity index (χ0) is 27.5. The summed E-state index contributed by atoms with van der Waals surface area (Å²) >= 11 is 0. The van der Waals surface area contributed by atoms with Crippen molar-refractivity contribution in [3.05, 3.63) is 24.3 Å². The van der Waals surface area contributed by atoms with E-state index in [-0.39, 0.29) is 49.4 Å². The van der Waals surface area contributed by atoms with Crippen molar-refractivity contribution in [1.29, 1.82) is 0 Å². The Kier molecular flexibility index (Phi) is 12.0. The minimum atomic E-state index is -0.582. The lowest BCUT2D eigenvalue weighted by atomic mass is 9.67. The lowest BCUT2D eigenvalue weighted by Gasteiger charge is -2.45.